The van der Waals surface area contributed by atoms with Crippen molar-refractivity contribution in [2.24, 2.45) is 0 Å². The van der Waals surface area contributed by atoms with Crippen LogP contribution in [-0.2, 0) is 10.2 Å². The van der Waals surface area contributed by atoms with Gasteiger partial charge in [0.1, 0.15) is 5.82 Å². The van der Waals surface area contributed by atoms with Crippen molar-refractivity contribution in [3.05, 3.63) is 35.6 Å². The van der Waals surface area contributed by atoms with E-state index in [9.17, 15) is 9.50 Å². The monoisotopic (exact) mass is 308 g/mol. The van der Waals surface area contributed by atoms with Crippen LogP contribution in [0.15, 0.2) is 24.3 Å². The van der Waals surface area contributed by atoms with E-state index in [1.165, 1.54) is 6.07 Å². The zero-order chi connectivity index (χ0) is 15.5. The molecule has 122 valence electrons. The molecule has 2 aliphatic rings. The number of hydrogen-bond donors (Lipinski definition) is 3. The van der Waals surface area contributed by atoms with Gasteiger partial charge in [0.15, 0.2) is 0 Å². The van der Waals surface area contributed by atoms with Gasteiger partial charge in [-0.1, -0.05) is 12.1 Å². The molecular formula is C17H25FN2O2. The summed E-state index contributed by atoms with van der Waals surface area (Å²) in [5, 5.41) is 17.0. The van der Waals surface area contributed by atoms with E-state index in [0.29, 0.717) is 26.3 Å². The van der Waals surface area contributed by atoms with Crippen LogP contribution < -0.4 is 10.6 Å². The molecule has 1 aromatic carbocycles. The van der Waals surface area contributed by atoms with Gasteiger partial charge in [-0.2, -0.15) is 0 Å². The standard InChI is InChI=1S/C17H25FN2O2/c18-15-3-1-2-14(10-15)16(5-8-22-9-6-16)11-20-13-17(21)4-7-19-12-17/h1-3,10,19-21H,4-9,11-13H2/t17-/m1/s1. The lowest BCUT2D eigenvalue weighted by atomic mass is 9.74. The molecule has 22 heavy (non-hydrogen) atoms. The Kier molecular flexibility index (Phi) is 4.78. The highest BCUT2D eigenvalue weighted by atomic mass is 19.1. The summed E-state index contributed by atoms with van der Waals surface area (Å²) in [7, 11) is 0. The van der Waals surface area contributed by atoms with E-state index in [0.717, 1.165) is 37.9 Å². The van der Waals surface area contributed by atoms with Crippen molar-refractivity contribution < 1.29 is 14.2 Å². The fourth-order valence-corrected chi connectivity index (χ4v) is 3.56. The lowest BCUT2D eigenvalue weighted by molar-refractivity contribution is 0.0387. The molecule has 0 spiro atoms. The normalized spacial score (nSPS) is 27.9. The first-order valence-corrected chi connectivity index (χ1v) is 8.10. The van der Waals surface area contributed by atoms with Crippen molar-refractivity contribution in [2.45, 2.75) is 30.3 Å². The molecule has 0 saturated carbocycles. The van der Waals surface area contributed by atoms with Crippen LogP contribution >= 0.6 is 0 Å². The van der Waals surface area contributed by atoms with E-state index in [1.807, 2.05) is 6.07 Å². The third-order valence-electron chi connectivity index (χ3n) is 5.03. The minimum atomic E-state index is -0.658. The average molecular weight is 308 g/mol. The fourth-order valence-electron chi connectivity index (χ4n) is 3.56. The third kappa shape index (κ3) is 3.49. The molecular weight excluding hydrogens is 283 g/mol. The van der Waals surface area contributed by atoms with Gasteiger partial charge in [0.2, 0.25) is 0 Å². The van der Waals surface area contributed by atoms with Gasteiger partial charge in [0.05, 0.1) is 5.60 Å². The Balaban J connectivity index is 1.69. The zero-order valence-electron chi connectivity index (χ0n) is 12.9. The first kappa shape index (κ1) is 15.9. The third-order valence-corrected chi connectivity index (χ3v) is 5.03. The maximum Gasteiger partial charge on any atom is 0.123 e. The van der Waals surface area contributed by atoms with E-state index >= 15 is 0 Å². The van der Waals surface area contributed by atoms with Crippen LogP contribution in [0.3, 0.4) is 0 Å². The number of β-amino-alcohol motifs (C(OH)–C–C–N with tert-alkyl or cyclic N) is 1. The van der Waals surface area contributed by atoms with Crippen molar-refractivity contribution in [3.8, 4) is 0 Å². The quantitative estimate of drug-likeness (QED) is 0.765. The fraction of sp³-hybridized carbons (Fsp3) is 0.647. The predicted octanol–water partition coefficient (Wildman–Crippen LogP) is 1.19. The van der Waals surface area contributed by atoms with Crippen LogP contribution in [0.25, 0.3) is 0 Å². The van der Waals surface area contributed by atoms with Gasteiger partial charge < -0.3 is 20.5 Å². The lowest BCUT2D eigenvalue weighted by Crippen LogP contribution is -2.48. The molecule has 0 amide bonds. The lowest BCUT2D eigenvalue weighted by Gasteiger charge is -2.39. The van der Waals surface area contributed by atoms with Gasteiger partial charge in [-0.25, -0.2) is 4.39 Å². The van der Waals surface area contributed by atoms with E-state index in [-0.39, 0.29) is 11.2 Å². The Labute approximate surface area is 131 Å². The largest absolute Gasteiger partial charge is 0.387 e. The Bertz CT molecular complexity index is 497. The summed E-state index contributed by atoms with van der Waals surface area (Å²) in [5.74, 6) is -0.193. The molecule has 2 aliphatic heterocycles. The number of aliphatic hydroxyl groups is 1. The summed E-state index contributed by atoms with van der Waals surface area (Å²) < 4.78 is 19.1. The molecule has 5 heteroatoms. The second kappa shape index (κ2) is 6.62. The molecule has 3 N–H and O–H groups in total. The maximum atomic E-state index is 13.6. The molecule has 0 aliphatic carbocycles. The Morgan fingerprint density at radius 2 is 2.05 bits per heavy atom. The second-order valence-corrected chi connectivity index (χ2v) is 6.66. The molecule has 0 unspecified atom stereocenters. The molecule has 3 rings (SSSR count). The topological polar surface area (TPSA) is 53.5 Å². The van der Waals surface area contributed by atoms with Gasteiger partial charge in [0.25, 0.3) is 0 Å². The summed E-state index contributed by atoms with van der Waals surface area (Å²) in [6, 6.07) is 6.90. The Morgan fingerprint density at radius 3 is 2.73 bits per heavy atom. The van der Waals surface area contributed by atoms with Crippen molar-refractivity contribution in [1.82, 2.24) is 10.6 Å². The van der Waals surface area contributed by atoms with Crippen molar-refractivity contribution in [1.29, 1.82) is 0 Å². The highest BCUT2D eigenvalue weighted by Crippen LogP contribution is 2.34. The molecule has 0 radical (unpaired) electrons. The minimum Gasteiger partial charge on any atom is -0.387 e. The summed E-state index contributed by atoms with van der Waals surface area (Å²) >= 11 is 0. The molecule has 2 heterocycles. The van der Waals surface area contributed by atoms with Crippen LogP contribution in [-0.4, -0.2) is 50.1 Å². The second-order valence-electron chi connectivity index (χ2n) is 6.66. The molecule has 0 aromatic heterocycles. The summed E-state index contributed by atoms with van der Waals surface area (Å²) in [6.45, 7) is 4.20. The smallest absolute Gasteiger partial charge is 0.123 e. The summed E-state index contributed by atoms with van der Waals surface area (Å²) in [4.78, 5) is 0. The van der Waals surface area contributed by atoms with E-state index in [1.54, 1.807) is 12.1 Å². The van der Waals surface area contributed by atoms with Gasteiger partial charge in [-0.15, -0.1) is 0 Å². The van der Waals surface area contributed by atoms with Crippen molar-refractivity contribution >= 4 is 0 Å². The number of ether oxygens (including phenoxy) is 1. The Morgan fingerprint density at radius 1 is 1.23 bits per heavy atom. The molecule has 2 saturated heterocycles. The van der Waals surface area contributed by atoms with Gasteiger partial charge in [-0.05, 0) is 43.5 Å². The van der Waals surface area contributed by atoms with E-state index < -0.39 is 5.60 Å². The predicted molar refractivity (Wildman–Crippen MR) is 83.4 cm³/mol. The Hall–Kier alpha value is -1.01. The van der Waals surface area contributed by atoms with Gasteiger partial charge in [0, 0.05) is 38.3 Å². The molecule has 1 atom stereocenters. The number of hydrogen-bond acceptors (Lipinski definition) is 4. The average Bonchev–Trinajstić information content (AvgIpc) is 2.95. The highest BCUT2D eigenvalue weighted by molar-refractivity contribution is 5.27. The SMILES string of the molecule is O[C@]1(CNCC2(c3cccc(F)c3)CCOCC2)CCNC1. The maximum absolute atomic E-state index is 13.6. The number of rotatable bonds is 5. The van der Waals surface area contributed by atoms with Crippen molar-refractivity contribution in [2.75, 3.05) is 39.4 Å². The minimum absolute atomic E-state index is 0.108. The number of nitrogens with one attached hydrogen (secondary N) is 2. The van der Waals surface area contributed by atoms with Crippen LogP contribution in [0.2, 0.25) is 0 Å². The number of halogens is 1. The first-order valence-electron chi connectivity index (χ1n) is 8.10. The van der Waals surface area contributed by atoms with Crippen LogP contribution in [0.4, 0.5) is 4.39 Å². The molecule has 2 fully saturated rings. The number of benzene rings is 1. The zero-order valence-corrected chi connectivity index (χ0v) is 12.9. The molecule has 4 nitrogen and oxygen atoms in total. The summed E-state index contributed by atoms with van der Waals surface area (Å²) in [5.41, 5.74) is 0.261. The van der Waals surface area contributed by atoms with Crippen LogP contribution in [0.5, 0.6) is 0 Å². The van der Waals surface area contributed by atoms with E-state index in [4.69, 9.17) is 4.74 Å². The van der Waals surface area contributed by atoms with E-state index in [2.05, 4.69) is 10.6 Å². The first-order chi connectivity index (χ1) is 10.6. The highest BCUT2D eigenvalue weighted by Gasteiger charge is 2.36. The molecule has 0 bridgehead atoms. The molecule has 1 aromatic rings. The van der Waals surface area contributed by atoms with Crippen LogP contribution in [0.1, 0.15) is 24.8 Å². The summed E-state index contributed by atoms with van der Waals surface area (Å²) in [6.07, 6.45) is 2.52. The van der Waals surface area contributed by atoms with Crippen LogP contribution in [0, 0.1) is 5.82 Å². The van der Waals surface area contributed by atoms with Gasteiger partial charge >= 0.3 is 0 Å². The van der Waals surface area contributed by atoms with Crippen molar-refractivity contribution in [3.63, 3.8) is 0 Å². The van der Waals surface area contributed by atoms with Gasteiger partial charge in [-0.3, -0.25) is 0 Å².